The van der Waals surface area contributed by atoms with Gasteiger partial charge in [0.05, 0.1) is 51.9 Å². The lowest BCUT2D eigenvalue weighted by Gasteiger charge is -2.13. The third kappa shape index (κ3) is 3.63. The number of para-hydroxylation sites is 1. The van der Waals surface area contributed by atoms with E-state index in [1.54, 1.807) is 12.1 Å². The van der Waals surface area contributed by atoms with E-state index in [9.17, 15) is 23.2 Å². The fourth-order valence-electron chi connectivity index (χ4n) is 3.30. The highest BCUT2D eigenvalue weighted by Crippen LogP contribution is 2.35. The molecule has 4 heterocycles. The second kappa shape index (κ2) is 8.05. The first-order valence-electron chi connectivity index (χ1n) is 9.43. The molecule has 10 nitrogen and oxygen atoms in total. The van der Waals surface area contributed by atoms with Gasteiger partial charge >= 0.3 is 6.18 Å². The van der Waals surface area contributed by atoms with Crippen LogP contribution in [0.25, 0.3) is 21.7 Å². The van der Waals surface area contributed by atoms with Gasteiger partial charge in [0, 0.05) is 0 Å². The lowest BCUT2D eigenvalue weighted by molar-refractivity contribution is -0.143. The van der Waals surface area contributed by atoms with Crippen molar-refractivity contribution in [1.82, 2.24) is 34.7 Å². The molecule has 0 aliphatic carbocycles. The number of nitrogens with one attached hydrogen (secondary N) is 1. The summed E-state index contributed by atoms with van der Waals surface area (Å²) in [6, 6.07) is 7.91. The van der Waals surface area contributed by atoms with Gasteiger partial charge in [-0.1, -0.05) is 6.07 Å². The second-order valence-electron chi connectivity index (χ2n) is 6.77. The van der Waals surface area contributed by atoms with Crippen molar-refractivity contribution in [3.63, 3.8) is 0 Å². The average molecular weight is 481 g/mol. The van der Waals surface area contributed by atoms with Crippen molar-refractivity contribution in [2.24, 2.45) is 0 Å². The van der Waals surface area contributed by atoms with Crippen LogP contribution >= 0.6 is 11.3 Å². The molecule has 0 radical (unpaired) electrons. The monoisotopic (exact) mass is 481 g/mol. The Morgan fingerprint density at radius 2 is 1.91 bits per heavy atom. The fraction of sp³-hybridized carbons (Fsp3) is 0.0500. The van der Waals surface area contributed by atoms with Gasteiger partial charge in [0.15, 0.2) is 11.5 Å². The van der Waals surface area contributed by atoms with Crippen molar-refractivity contribution < 1.29 is 18.0 Å². The molecule has 0 fully saturated rings. The number of aromatic nitrogens is 7. The van der Waals surface area contributed by atoms with Crippen molar-refractivity contribution in [2.75, 3.05) is 5.32 Å². The van der Waals surface area contributed by atoms with Crippen LogP contribution in [0.3, 0.4) is 0 Å². The average Bonchev–Trinajstić information content (AvgIpc) is 3.58. The van der Waals surface area contributed by atoms with Gasteiger partial charge in [-0.25, -0.2) is 14.6 Å². The number of fused-ring (bicyclic) bond motifs is 1. The van der Waals surface area contributed by atoms with Crippen LogP contribution in [0.2, 0.25) is 0 Å². The lowest BCUT2D eigenvalue weighted by Crippen LogP contribution is -2.21. The number of hydrogen-bond acceptors (Lipinski definition) is 8. The van der Waals surface area contributed by atoms with Crippen LogP contribution in [0.4, 0.5) is 18.9 Å². The Hall–Kier alpha value is -4.64. The van der Waals surface area contributed by atoms with E-state index in [4.69, 9.17) is 0 Å². The Labute approximate surface area is 191 Å². The Kier molecular flexibility index (Phi) is 5.02. The Morgan fingerprint density at radius 1 is 1.12 bits per heavy atom. The third-order valence-corrected chi connectivity index (χ3v) is 5.50. The summed E-state index contributed by atoms with van der Waals surface area (Å²) in [6.45, 7) is 0. The number of amides is 1. The highest BCUT2D eigenvalue weighted by Gasteiger charge is 2.41. The maximum Gasteiger partial charge on any atom is 0.434 e. The number of nitriles is 1. The number of rotatable bonds is 4. The highest BCUT2D eigenvalue weighted by molar-refractivity contribution is 7.16. The molecule has 4 aromatic heterocycles. The summed E-state index contributed by atoms with van der Waals surface area (Å²) in [5, 5.41) is 23.4. The Bertz CT molecular complexity index is 1560. The molecule has 1 N–H and O–H groups in total. The molecule has 0 bridgehead atoms. The molecule has 5 rings (SSSR count). The van der Waals surface area contributed by atoms with Crippen LogP contribution in [0.15, 0.2) is 54.6 Å². The molecule has 5 aromatic rings. The molecule has 34 heavy (non-hydrogen) atoms. The minimum atomic E-state index is -4.90. The summed E-state index contributed by atoms with van der Waals surface area (Å²) in [4.78, 5) is 22.1. The molecule has 0 saturated carbocycles. The van der Waals surface area contributed by atoms with Crippen molar-refractivity contribution in [3.8, 4) is 17.6 Å². The van der Waals surface area contributed by atoms with Crippen molar-refractivity contribution >= 4 is 33.1 Å². The van der Waals surface area contributed by atoms with E-state index >= 15 is 0 Å². The normalized spacial score (nSPS) is 11.5. The Morgan fingerprint density at radius 3 is 2.65 bits per heavy atom. The molecule has 14 heteroatoms. The summed E-state index contributed by atoms with van der Waals surface area (Å²) < 4.78 is 43.5. The van der Waals surface area contributed by atoms with E-state index in [0.717, 1.165) is 11.0 Å². The molecule has 0 spiro atoms. The number of anilines is 1. The number of alkyl halides is 3. The predicted octanol–water partition coefficient (Wildman–Crippen LogP) is 3.60. The van der Waals surface area contributed by atoms with Crippen LogP contribution in [0.5, 0.6) is 0 Å². The maximum absolute atomic E-state index is 14.1. The SMILES string of the molecule is N#Cc1cc(NC(=O)c2cnn(-c3cccc4scnc34)c2C(F)(F)F)cnc1-n1nccn1. The zero-order chi connectivity index (χ0) is 23.9. The van der Waals surface area contributed by atoms with E-state index in [2.05, 4.69) is 30.6 Å². The van der Waals surface area contributed by atoms with E-state index in [1.165, 1.54) is 47.6 Å². The predicted molar refractivity (Wildman–Crippen MR) is 114 cm³/mol. The van der Waals surface area contributed by atoms with Crippen molar-refractivity contribution in [2.45, 2.75) is 6.18 Å². The molecule has 0 unspecified atom stereocenters. The number of hydrogen-bond donors (Lipinski definition) is 1. The summed E-state index contributed by atoms with van der Waals surface area (Å²) in [6.07, 6.45) is -0.0931. The van der Waals surface area contributed by atoms with Crippen LogP contribution in [-0.4, -0.2) is 40.6 Å². The van der Waals surface area contributed by atoms with Gasteiger partial charge in [-0.2, -0.15) is 33.7 Å². The van der Waals surface area contributed by atoms with Crippen LogP contribution in [-0.2, 0) is 6.18 Å². The number of benzene rings is 1. The molecule has 168 valence electrons. The standard InChI is InChI=1S/C20H10F3N9OS/c21-20(22,23)17-13(9-29-31(17)14-2-1-3-15-16(14)26-10-34-15)19(33)30-12-6-11(7-24)18(25-8-12)32-27-4-5-28-32/h1-6,8-10H,(H,30,33). The summed E-state index contributed by atoms with van der Waals surface area (Å²) in [5.74, 6) is -0.967. The van der Waals surface area contributed by atoms with Gasteiger partial charge < -0.3 is 5.32 Å². The van der Waals surface area contributed by atoms with E-state index in [0.29, 0.717) is 14.9 Å². The van der Waals surface area contributed by atoms with Gasteiger partial charge in [-0.05, 0) is 18.2 Å². The largest absolute Gasteiger partial charge is 0.434 e. The number of thiazole rings is 1. The van der Waals surface area contributed by atoms with Crippen LogP contribution in [0, 0.1) is 11.3 Å². The number of carbonyl (C=O) groups is 1. The number of nitrogens with zero attached hydrogens (tertiary/aromatic N) is 8. The van der Waals surface area contributed by atoms with E-state index < -0.39 is 23.3 Å². The zero-order valence-corrected chi connectivity index (χ0v) is 17.5. The summed E-state index contributed by atoms with van der Waals surface area (Å²) in [7, 11) is 0. The minimum absolute atomic E-state index is 0.0101. The molecular formula is C20H10F3N9OS. The highest BCUT2D eigenvalue weighted by atomic mass is 32.1. The van der Waals surface area contributed by atoms with Crippen molar-refractivity contribution in [1.29, 1.82) is 5.26 Å². The summed E-state index contributed by atoms with van der Waals surface area (Å²) in [5.41, 5.74) is 0.0115. The smallest absolute Gasteiger partial charge is 0.320 e. The van der Waals surface area contributed by atoms with E-state index in [1.807, 2.05) is 6.07 Å². The van der Waals surface area contributed by atoms with Gasteiger partial charge in [0.1, 0.15) is 17.1 Å². The summed E-state index contributed by atoms with van der Waals surface area (Å²) >= 11 is 1.27. The minimum Gasteiger partial charge on any atom is -0.320 e. The number of carbonyl (C=O) groups excluding carboxylic acids is 1. The maximum atomic E-state index is 14.1. The Balaban J connectivity index is 1.53. The molecule has 0 aliphatic heterocycles. The quantitative estimate of drug-likeness (QED) is 0.415. The van der Waals surface area contributed by atoms with Crippen LogP contribution in [0.1, 0.15) is 21.6 Å². The third-order valence-electron chi connectivity index (χ3n) is 4.70. The van der Waals surface area contributed by atoms with Gasteiger partial charge in [0.25, 0.3) is 5.91 Å². The number of halogens is 3. The van der Waals surface area contributed by atoms with Crippen LogP contribution < -0.4 is 5.32 Å². The topological polar surface area (TPSA) is 127 Å². The molecule has 0 atom stereocenters. The van der Waals surface area contributed by atoms with Crippen molar-refractivity contribution in [3.05, 3.63) is 71.4 Å². The zero-order valence-electron chi connectivity index (χ0n) is 16.7. The lowest BCUT2D eigenvalue weighted by atomic mass is 10.2. The molecule has 1 aromatic carbocycles. The first kappa shape index (κ1) is 21.2. The number of pyridine rings is 1. The van der Waals surface area contributed by atoms with Gasteiger partial charge in [-0.3, -0.25) is 4.79 Å². The van der Waals surface area contributed by atoms with Gasteiger partial charge in [-0.15, -0.1) is 16.1 Å². The first-order chi connectivity index (χ1) is 16.4. The molecule has 0 aliphatic rings. The van der Waals surface area contributed by atoms with E-state index in [-0.39, 0.29) is 22.8 Å². The molecule has 1 amide bonds. The molecule has 0 saturated heterocycles. The fourth-order valence-corrected chi connectivity index (χ4v) is 4.00. The molecular weight excluding hydrogens is 471 g/mol. The first-order valence-corrected chi connectivity index (χ1v) is 10.3. The second-order valence-corrected chi connectivity index (χ2v) is 7.66. The van der Waals surface area contributed by atoms with Gasteiger partial charge in [0.2, 0.25) is 0 Å².